The Morgan fingerprint density at radius 2 is 1.88 bits per heavy atom. The lowest BCUT2D eigenvalue weighted by atomic mass is 10.1. The van der Waals surface area contributed by atoms with Crippen LogP contribution in [0.5, 0.6) is 11.5 Å². The van der Waals surface area contributed by atoms with Crippen molar-refractivity contribution in [2.75, 3.05) is 16.6 Å². The van der Waals surface area contributed by atoms with Crippen molar-refractivity contribution in [2.24, 2.45) is 0 Å². The monoisotopic (exact) mass is 364 g/mol. The summed E-state index contributed by atoms with van der Waals surface area (Å²) in [6.45, 7) is 2.66. The van der Waals surface area contributed by atoms with Crippen LogP contribution in [0.25, 0.3) is 0 Å². The maximum atomic E-state index is 11.4. The summed E-state index contributed by atoms with van der Waals surface area (Å²) in [5.41, 5.74) is 0.529. The van der Waals surface area contributed by atoms with E-state index in [-0.39, 0.29) is 17.0 Å². The first-order chi connectivity index (χ1) is 12.0. The highest BCUT2D eigenvalue weighted by molar-refractivity contribution is 7.80. The van der Waals surface area contributed by atoms with Gasteiger partial charge in [0.1, 0.15) is 5.75 Å². The van der Waals surface area contributed by atoms with Crippen molar-refractivity contribution in [1.82, 2.24) is 0 Å². The van der Waals surface area contributed by atoms with E-state index in [1.54, 1.807) is 24.3 Å². The zero-order valence-corrected chi connectivity index (χ0v) is 14.5. The fourth-order valence-corrected chi connectivity index (χ4v) is 2.51. The van der Waals surface area contributed by atoms with Crippen LogP contribution < -0.4 is 14.8 Å². The molecule has 4 N–H and O–H groups in total. The molecule has 0 aliphatic heterocycles. The molecule has 1 atom stereocenters. The number of carboxylic acid groups (broad SMARTS) is 1. The maximum Gasteiger partial charge on any atom is 0.335 e. The molecule has 0 heterocycles. The Hall–Kier alpha value is -2.58. The molecule has 0 aliphatic carbocycles. The molecule has 0 aliphatic rings. The standard InChI is InChI=1S/C17H20N2O5S/c1-2-3-9-18-14-10-12(17(20)21)11-15(19-25(22)23)16(14)24-13-7-5-4-6-8-13/h4-8,10-11,18-19H,2-3,9H2,1H3,(H,20,21)(H,22,23). The van der Waals surface area contributed by atoms with Gasteiger partial charge in [-0.15, -0.1) is 0 Å². The number of carboxylic acids is 1. The normalized spacial score (nSPS) is 11.6. The van der Waals surface area contributed by atoms with Gasteiger partial charge in [-0.1, -0.05) is 31.5 Å². The average Bonchev–Trinajstić information content (AvgIpc) is 2.57. The summed E-state index contributed by atoms with van der Waals surface area (Å²) >= 11 is -2.37. The molecule has 134 valence electrons. The summed E-state index contributed by atoms with van der Waals surface area (Å²) in [4.78, 5) is 11.4. The van der Waals surface area contributed by atoms with E-state index < -0.39 is 17.2 Å². The number of anilines is 2. The minimum Gasteiger partial charge on any atom is -0.478 e. The third-order valence-corrected chi connectivity index (χ3v) is 3.74. The molecule has 1 unspecified atom stereocenters. The summed E-state index contributed by atoms with van der Waals surface area (Å²) in [5, 5.41) is 12.4. The molecule has 2 aromatic carbocycles. The number of aromatic carboxylic acids is 1. The first-order valence-corrected chi connectivity index (χ1v) is 8.87. The van der Waals surface area contributed by atoms with Crippen molar-refractivity contribution in [2.45, 2.75) is 19.8 Å². The third kappa shape index (κ3) is 5.47. The van der Waals surface area contributed by atoms with Gasteiger partial charge in [-0.3, -0.25) is 9.27 Å². The molecular weight excluding hydrogens is 344 g/mol. The van der Waals surface area contributed by atoms with Crippen LogP contribution in [0, 0.1) is 0 Å². The minimum atomic E-state index is -2.37. The highest BCUT2D eigenvalue weighted by atomic mass is 32.2. The van der Waals surface area contributed by atoms with Gasteiger partial charge >= 0.3 is 5.97 Å². The molecule has 0 amide bonds. The summed E-state index contributed by atoms with van der Waals surface area (Å²) < 4.78 is 28.5. The zero-order chi connectivity index (χ0) is 18.2. The molecular formula is C17H20N2O5S. The number of benzene rings is 2. The molecule has 2 aromatic rings. The molecule has 0 saturated carbocycles. The third-order valence-electron chi connectivity index (χ3n) is 3.34. The fourth-order valence-electron chi connectivity index (χ4n) is 2.17. The summed E-state index contributed by atoms with van der Waals surface area (Å²) in [5.74, 6) is -0.359. The number of para-hydroxylation sites is 1. The Morgan fingerprint density at radius 1 is 1.20 bits per heavy atom. The molecule has 0 fully saturated rings. The van der Waals surface area contributed by atoms with Crippen molar-refractivity contribution in [3.05, 3.63) is 48.0 Å². The molecule has 8 heteroatoms. The zero-order valence-electron chi connectivity index (χ0n) is 13.7. The number of nitrogens with one attached hydrogen (secondary N) is 2. The predicted molar refractivity (Wildman–Crippen MR) is 97.7 cm³/mol. The lowest BCUT2D eigenvalue weighted by molar-refractivity contribution is 0.0697. The summed E-state index contributed by atoms with van der Waals surface area (Å²) in [6, 6.07) is 11.6. The molecule has 0 saturated heterocycles. The van der Waals surface area contributed by atoms with Gasteiger partial charge in [0.25, 0.3) is 11.3 Å². The second kappa shape index (κ2) is 9.05. The van der Waals surface area contributed by atoms with Gasteiger partial charge in [0.15, 0.2) is 5.75 Å². The van der Waals surface area contributed by atoms with Crippen molar-refractivity contribution >= 4 is 28.6 Å². The van der Waals surface area contributed by atoms with Gasteiger partial charge in [0.2, 0.25) is 0 Å². The van der Waals surface area contributed by atoms with Gasteiger partial charge in [0, 0.05) is 6.54 Å². The number of rotatable bonds is 9. The van der Waals surface area contributed by atoms with Crippen LogP contribution in [0.4, 0.5) is 11.4 Å². The number of hydrogen-bond donors (Lipinski definition) is 4. The van der Waals surface area contributed by atoms with Crippen LogP contribution in [0.1, 0.15) is 30.1 Å². The Labute approximate surface area is 148 Å². The van der Waals surface area contributed by atoms with E-state index in [0.29, 0.717) is 18.0 Å². The highest BCUT2D eigenvalue weighted by Gasteiger charge is 2.17. The van der Waals surface area contributed by atoms with Crippen molar-refractivity contribution in [3.8, 4) is 11.5 Å². The largest absolute Gasteiger partial charge is 0.478 e. The molecule has 25 heavy (non-hydrogen) atoms. The highest BCUT2D eigenvalue weighted by Crippen LogP contribution is 2.38. The topological polar surface area (TPSA) is 108 Å². The van der Waals surface area contributed by atoms with E-state index in [9.17, 15) is 14.1 Å². The average molecular weight is 364 g/mol. The Kier molecular flexibility index (Phi) is 6.79. The van der Waals surface area contributed by atoms with Crippen LogP contribution >= 0.6 is 0 Å². The van der Waals surface area contributed by atoms with Crippen molar-refractivity contribution in [3.63, 3.8) is 0 Å². The first kappa shape index (κ1) is 18.8. The van der Waals surface area contributed by atoms with E-state index in [1.165, 1.54) is 12.1 Å². The summed E-state index contributed by atoms with van der Waals surface area (Å²) in [7, 11) is 0. The van der Waals surface area contributed by atoms with E-state index in [0.717, 1.165) is 12.8 Å². The lowest BCUT2D eigenvalue weighted by Crippen LogP contribution is -2.10. The van der Waals surface area contributed by atoms with Crippen LogP contribution in [-0.4, -0.2) is 26.4 Å². The second-order valence-electron chi connectivity index (χ2n) is 5.25. The van der Waals surface area contributed by atoms with Crippen LogP contribution in [0.3, 0.4) is 0 Å². The molecule has 7 nitrogen and oxygen atoms in total. The smallest absolute Gasteiger partial charge is 0.335 e. The van der Waals surface area contributed by atoms with Gasteiger partial charge in [-0.25, -0.2) is 9.00 Å². The van der Waals surface area contributed by atoms with E-state index in [1.807, 2.05) is 13.0 Å². The minimum absolute atomic E-state index is 0.0210. The van der Waals surface area contributed by atoms with Gasteiger partial charge in [-0.2, -0.15) is 0 Å². The van der Waals surface area contributed by atoms with Crippen LogP contribution in [0.2, 0.25) is 0 Å². The molecule has 0 spiro atoms. The number of unbranched alkanes of at least 4 members (excludes halogenated alkanes) is 1. The molecule has 0 bridgehead atoms. The van der Waals surface area contributed by atoms with E-state index in [2.05, 4.69) is 10.0 Å². The molecule has 2 rings (SSSR count). The first-order valence-electron chi connectivity index (χ1n) is 7.77. The second-order valence-corrected chi connectivity index (χ2v) is 5.95. The molecule has 0 aromatic heterocycles. The van der Waals surface area contributed by atoms with Crippen molar-refractivity contribution < 1.29 is 23.4 Å². The van der Waals surface area contributed by atoms with E-state index >= 15 is 0 Å². The Bertz CT molecular complexity index is 752. The number of ether oxygens (including phenoxy) is 1. The fraction of sp³-hybridized carbons (Fsp3) is 0.235. The molecule has 0 radical (unpaired) electrons. The van der Waals surface area contributed by atoms with Gasteiger partial charge < -0.3 is 15.2 Å². The number of hydrogen-bond acceptors (Lipinski definition) is 4. The van der Waals surface area contributed by atoms with Crippen LogP contribution in [-0.2, 0) is 11.3 Å². The van der Waals surface area contributed by atoms with Gasteiger partial charge in [0.05, 0.1) is 16.9 Å². The van der Waals surface area contributed by atoms with E-state index in [4.69, 9.17) is 9.29 Å². The Morgan fingerprint density at radius 3 is 2.48 bits per heavy atom. The summed E-state index contributed by atoms with van der Waals surface area (Å²) in [6.07, 6.45) is 1.85. The SMILES string of the molecule is CCCCNc1cc(C(=O)O)cc(NS(=O)O)c1Oc1ccccc1. The quantitative estimate of drug-likeness (QED) is 0.396. The number of carbonyl (C=O) groups is 1. The lowest BCUT2D eigenvalue weighted by Gasteiger charge is -2.18. The van der Waals surface area contributed by atoms with Crippen LogP contribution in [0.15, 0.2) is 42.5 Å². The van der Waals surface area contributed by atoms with Crippen molar-refractivity contribution in [1.29, 1.82) is 0 Å². The maximum absolute atomic E-state index is 11.4. The Balaban J connectivity index is 2.48. The van der Waals surface area contributed by atoms with Gasteiger partial charge in [-0.05, 0) is 30.7 Å². The predicted octanol–water partition coefficient (Wildman–Crippen LogP) is 3.94.